The molecule has 0 radical (unpaired) electrons. The first-order valence-electron chi connectivity index (χ1n) is 11.2. The van der Waals surface area contributed by atoms with Gasteiger partial charge in [0.05, 0.1) is 12.3 Å². The summed E-state index contributed by atoms with van der Waals surface area (Å²) in [6.07, 6.45) is 2.00. The largest absolute Gasteiger partial charge is 0.486 e. The quantitative estimate of drug-likeness (QED) is 0.656. The summed E-state index contributed by atoms with van der Waals surface area (Å²) in [6.45, 7) is 6.89. The van der Waals surface area contributed by atoms with E-state index in [1.165, 1.54) is 0 Å². The Bertz CT molecular complexity index is 961. The van der Waals surface area contributed by atoms with Crippen LogP contribution in [0, 0.1) is 0 Å². The lowest BCUT2D eigenvalue weighted by Gasteiger charge is -2.37. The Morgan fingerprint density at radius 2 is 1.84 bits per heavy atom. The molecule has 32 heavy (non-hydrogen) atoms. The van der Waals surface area contributed by atoms with Crippen molar-refractivity contribution in [1.29, 1.82) is 0 Å². The summed E-state index contributed by atoms with van der Waals surface area (Å²) in [6, 6.07) is 9.67. The Kier molecular flexibility index (Phi) is 6.15. The second kappa shape index (κ2) is 9.52. The minimum absolute atomic E-state index is 0.0267. The maximum atomic E-state index is 11.4. The van der Waals surface area contributed by atoms with Crippen molar-refractivity contribution in [3.05, 3.63) is 30.3 Å². The number of nitrogens with one attached hydrogen (secondary N) is 1. The van der Waals surface area contributed by atoms with Crippen LogP contribution in [0.15, 0.2) is 30.3 Å². The molecule has 0 aliphatic carbocycles. The predicted molar refractivity (Wildman–Crippen MR) is 119 cm³/mol. The number of hydrogen-bond donors (Lipinski definition) is 1. The molecule has 0 saturated carbocycles. The fraction of sp³-hybridized carbons (Fsp3) is 0.478. The number of fused-ring (bicyclic) bond motifs is 2. The van der Waals surface area contributed by atoms with E-state index in [0.717, 1.165) is 62.8 Å². The van der Waals surface area contributed by atoms with Crippen molar-refractivity contribution in [2.45, 2.75) is 12.8 Å². The lowest BCUT2D eigenvalue weighted by Crippen LogP contribution is -2.46. The maximum Gasteiger partial charge on any atom is 0.263 e. The van der Waals surface area contributed by atoms with Crippen molar-refractivity contribution in [2.75, 3.05) is 69.4 Å². The summed E-state index contributed by atoms with van der Waals surface area (Å²) >= 11 is 0. The molecule has 9 nitrogen and oxygen atoms in total. The second-order valence-electron chi connectivity index (χ2n) is 8.02. The van der Waals surface area contributed by atoms with Crippen molar-refractivity contribution in [2.24, 2.45) is 0 Å². The standard InChI is InChI=1S/C23H28N4O5/c28-20-16-32-19-6-7-21(25-23(19)24-20)30-13-2-1-8-26-9-11-27(12-10-26)17-4-3-5-18-22(17)31-15-14-29-18/h3-7H,1-2,8-16H2,(H,24,25,28). The van der Waals surface area contributed by atoms with Gasteiger partial charge in [-0.3, -0.25) is 9.69 Å². The minimum Gasteiger partial charge on any atom is -0.486 e. The van der Waals surface area contributed by atoms with Gasteiger partial charge in [-0.2, -0.15) is 4.98 Å². The molecule has 1 saturated heterocycles. The number of piperazine rings is 1. The van der Waals surface area contributed by atoms with E-state index < -0.39 is 0 Å². The van der Waals surface area contributed by atoms with E-state index in [9.17, 15) is 4.79 Å². The Labute approximate surface area is 187 Å². The van der Waals surface area contributed by atoms with E-state index in [1.807, 2.05) is 12.1 Å². The van der Waals surface area contributed by atoms with Gasteiger partial charge in [0.1, 0.15) is 13.2 Å². The zero-order valence-electron chi connectivity index (χ0n) is 18.0. The number of amides is 1. The topological polar surface area (TPSA) is 85.4 Å². The molecule has 3 aliphatic rings. The first-order valence-corrected chi connectivity index (χ1v) is 11.2. The Hall–Kier alpha value is -3.20. The number of carbonyl (C=O) groups is 1. The van der Waals surface area contributed by atoms with Gasteiger partial charge in [0.2, 0.25) is 5.88 Å². The van der Waals surface area contributed by atoms with Gasteiger partial charge in [0, 0.05) is 32.2 Å². The van der Waals surface area contributed by atoms with Crippen LogP contribution in [0.1, 0.15) is 12.8 Å². The lowest BCUT2D eigenvalue weighted by molar-refractivity contribution is -0.118. The Morgan fingerprint density at radius 3 is 2.75 bits per heavy atom. The monoisotopic (exact) mass is 440 g/mol. The highest BCUT2D eigenvalue weighted by atomic mass is 16.6. The highest BCUT2D eigenvalue weighted by Crippen LogP contribution is 2.39. The zero-order chi connectivity index (χ0) is 21.8. The molecule has 5 rings (SSSR count). The van der Waals surface area contributed by atoms with Crippen LogP contribution in [0.3, 0.4) is 0 Å². The zero-order valence-corrected chi connectivity index (χ0v) is 18.0. The third kappa shape index (κ3) is 4.67. The number of rotatable bonds is 7. The number of benzene rings is 1. The van der Waals surface area contributed by atoms with Gasteiger partial charge in [-0.05, 0) is 37.6 Å². The van der Waals surface area contributed by atoms with Crippen LogP contribution >= 0.6 is 0 Å². The molecule has 0 unspecified atom stereocenters. The minimum atomic E-state index is -0.199. The van der Waals surface area contributed by atoms with Gasteiger partial charge < -0.3 is 29.2 Å². The smallest absolute Gasteiger partial charge is 0.263 e. The molecular weight excluding hydrogens is 412 g/mol. The highest BCUT2D eigenvalue weighted by Gasteiger charge is 2.23. The molecule has 0 spiro atoms. The van der Waals surface area contributed by atoms with Gasteiger partial charge in [0.25, 0.3) is 5.91 Å². The number of pyridine rings is 1. The van der Waals surface area contributed by atoms with E-state index >= 15 is 0 Å². The maximum absolute atomic E-state index is 11.4. The van der Waals surface area contributed by atoms with E-state index in [0.29, 0.717) is 37.3 Å². The highest BCUT2D eigenvalue weighted by molar-refractivity contribution is 5.94. The summed E-state index contributed by atoms with van der Waals surface area (Å²) < 4.78 is 22.7. The average molecular weight is 441 g/mol. The number of carbonyl (C=O) groups excluding carboxylic acids is 1. The van der Waals surface area contributed by atoms with E-state index in [2.05, 4.69) is 26.2 Å². The number of unbranched alkanes of at least 4 members (excludes halogenated alkanes) is 1. The van der Waals surface area contributed by atoms with Gasteiger partial charge in [-0.15, -0.1) is 0 Å². The number of para-hydroxylation sites is 1. The van der Waals surface area contributed by atoms with E-state index in [4.69, 9.17) is 18.9 Å². The van der Waals surface area contributed by atoms with Crippen LogP contribution in [0.25, 0.3) is 0 Å². The summed E-state index contributed by atoms with van der Waals surface area (Å²) in [7, 11) is 0. The summed E-state index contributed by atoms with van der Waals surface area (Å²) in [5.74, 6) is 3.03. The van der Waals surface area contributed by atoms with Crippen molar-refractivity contribution < 1.29 is 23.7 Å². The molecule has 4 heterocycles. The fourth-order valence-corrected chi connectivity index (χ4v) is 4.16. The van der Waals surface area contributed by atoms with Crippen LogP contribution in [0.4, 0.5) is 11.5 Å². The van der Waals surface area contributed by atoms with Crippen molar-refractivity contribution >= 4 is 17.4 Å². The van der Waals surface area contributed by atoms with Crippen molar-refractivity contribution in [1.82, 2.24) is 9.88 Å². The second-order valence-corrected chi connectivity index (χ2v) is 8.02. The normalized spacial score (nSPS) is 17.9. The van der Waals surface area contributed by atoms with Gasteiger partial charge >= 0.3 is 0 Å². The molecule has 9 heteroatoms. The van der Waals surface area contributed by atoms with Gasteiger partial charge in [0.15, 0.2) is 29.7 Å². The predicted octanol–water partition coefficient (Wildman–Crippen LogP) is 2.16. The number of ether oxygens (including phenoxy) is 4. The van der Waals surface area contributed by atoms with E-state index in [-0.39, 0.29) is 12.5 Å². The molecule has 3 aliphatic heterocycles. The third-order valence-electron chi connectivity index (χ3n) is 5.83. The number of hydrogen-bond acceptors (Lipinski definition) is 8. The fourth-order valence-electron chi connectivity index (χ4n) is 4.16. The van der Waals surface area contributed by atoms with Crippen LogP contribution in [-0.4, -0.2) is 74.9 Å². The summed E-state index contributed by atoms with van der Waals surface area (Å²) in [5.41, 5.74) is 1.13. The molecule has 1 N–H and O–H groups in total. The average Bonchev–Trinajstić information content (AvgIpc) is 2.83. The molecule has 0 bridgehead atoms. The molecule has 1 aromatic heterocycles. The summed E-state index contributed by atoms with van der Waals surface area (Å²) in [4.78, 5) is 20.6. The number of nitrogens with zero attached hydrogens (tertiary/aromatic N) is 3. The molecule has 2 aromatic rings. The molecule has 1 fully saturated rings. The number of aromatic nitrogens is 1. The van der Waals surface area contributed by atoms with Crippen molar-refractivity contribution in [3.8, 4) is 23.1 Å². The summed E-state index contributed by atoms with van der Waals surface area (Å²) in [5, 5.41) is 2.70. The SMILES string of the molecule is O=C1COc2ccc(OCCCCN3CCN(c4cccc5c4OCCO5)CC3)nc2N1. The van der Waals surface area contributed by atoms with Crippen LogP contribution in [0.2, 0.25) is 0 Å². The molecule has 1 amide bonds. The van der Waals surface area contributed by atoms with E-state index in [1.54, 1.807) is 12.1 Å². The molecule has 170 valence electrons. The number of anilines is 2. The van der Waals surface area contributed by atoms with Crippen molar-refractivity contribution in [3.63, 3.8) is 0 Å². The molecule has 1 aromatic carbocycles. The van der Waals surface area contributed by atoms with Crippen LogP contribution in [0.5, 0.6) is 23.1 Å². The van der Waals surface area contributed by atoms with Crippen LogP contribution in [-0.2, 0) is 4.79 Å². The Morgan fingerprint density at radius 1 is 0.969 bits per heavy atom. The third-order valence-corrected chi connectivity index (χ3v) is 5.83. The Balaban J connectivity index is 1.03. The molecular formula is C23H28N4O5. The lowest BCUT2D eigenvalue weighted by atomic mass is 10.2. The van der Waals surface area contributed by atoms with Gasteiger partial charge in [-0.25, -0.2) is 0 Å². The molecule has 0 atom stereocenters. The first-order chi connectivity index (χ1) is 15.8. The van der Waals surface area contributed by atoms with Gasteiger partial charge in [-0.1, -0.05) is 6.07 Å². The van der Waals surface area contributed by atoms with Crippen LogP contribution < -0.4 is 29.2 Å². The first kappa shape index (κ1) is 20.7.